The van der Waals surface area contributed by atoms with Crippen molar-refractivity contribution in [1.82, 2.24) is 0 Å². The van der Waals surface area contributed by atoms with Crippen LogP contribution in [-0.4, -0.2) is 28.2 Å². The molecule has 0 unspecified atom stereocenters. The number of carbonyl (C=O) groups is 1. The summed E-state index contributed by atoms with van der Waals surface area (Å²) in [6, 6.07) is 7.65. The molecular formula is C14H12Cl2N2O5. The highest BCUT2D eigenvalue weighted by atomic mass is 35.5. The number of rotatable bonds is 3. The number of phenolic OH excluding ortho intramolecular Hbond substituents is 1. The molecule has 0 heterocycles. The minimum atomic E-state index is -0.634. The van der Waals surface area contributed by atoms with Crippen LogP contribution in [0.5, 0.6) is 5.75 Å². The molecule has 2 rings (SSSR count). The number of hydrogen-bond donors (Lipinski definition) is 3. The molecule has 0 aliphatic rings. The van der Waals surface area contributed by atoms with Gasteiger partial charge < -0.3 is 15.5 Å². The number of carbonyl (C=O) groups excluding carboxylic acids is 1. The second-order valence-electron chi connectivity index (χ2n) is 4.04. The van der Waals surface area contributed by atoms with Crippen LogP contribution >= 0.6 is 23.2 Å². The van der Waals surface area contributed by atoms with Gasteiger partial charge in [-0.15, -0.1) is 0 Å². The van der Waals surface area contributed by atoms with Gasteiger partial charge in [0.05, 0.1) is 21.2 Å². The van der Waals surface area contributed by atoms with E-state index < -0.39 is 10.8 Å². The highest BCUT2D eigenvalue weighted by Crippen LogP contribution is 2.28. The number of non-ortho nitro benzene ring substituents is 1. The number of amides is 1. The van der Waals surface area contributed by atoms with E-state index in [1.165, 1.54) is 30.3 Å². The second-order valence-corrected chi connectivity index (χ2v) is 4.88. The van der Waals surface area contributed by atoms with Gasteiger partial charge in [-0.1, -0.05) is 23.2 Å². The van der Waals surface area contributed by atoms with E-state index in [-0.39, 0.29) is 32.7 Å². The fourth-order valence-electron chi connectivity index (χ4n) is 1.60. The molecule has 0 atom stereocenters. The first-order valence-corrected chi connectivity index (χ1v) is 6.82. The second kappa shape index (κ2) is 8.33. The zero-order valence-corrected chi connectivity index (χ0v) is 13.3. The Morgan fingerprint density at radius 3 is 2.39 bits per heavy atom. The van der Waals surface area contributed by atoms with Crippen molar-refractivity contribution in [3.63, 3.8) is 0 Å². The normalized spacial score (nSPS) is 9.57. The van der Waals surface area contributed by atoms with E-state index >= 15 is 0 Å². The molecule has 2 aromatic carbocycles. The molecule has 3 N–H and O–H groups in total. The van der Waals surface area contributed by atoms with Crippen LogP contribution in [0.3, 0.4) is 0 Å². The van der Waals surface area contributed by atoms with E-state index in [0.717, 1.165) is 13.2 Å². The van der Waals surface area contributed by atoms with Crippen molar-refractivity contribution in [2.24, 2.45) is 0 Å². The number of nitrogens with one attached hydrogen (secondary N) is 1. The summed E-state index contributed by atoms with van der Waals surface area (Å²) < 4.78 is 0. The molecule has 0 aliphatic carbocycles. The summed E-state index contributed by atoms with van der Waals surface area (Å²) in [7, 11) is 1.00. The van der Waals surface area contributed by atoms with Crippen LogP contribution in [0.2, 0.25) is 10.0 Å². The van der Waals surface area contributed by atoms with Crippen molar-refractivity contribution in [2.75, 3.05) is 12.4 Å². The molecule has 0 radical (unpaired) electrons. The lowest BCUT2D eigenvalue weighted by atomic mass is 10.2. The Kier molecular flexibility index (Phi) is 6.77. The van der Waals surface area contributed by atoms with Gasteiger partial charge in [0.1, 0.15) is 5.75 Å². The Balaban J connectivity index is 0.00000127. The van der Waals surface area contributed by atoms with Crippen LogP contribution in [0.25, 0.3) is 0 Å². The maximum absolute atomic E-state index is 12.0. The number of aliphatic hydroxyl groups excluding tert-OH is 1. The van der Waals surface area contributed by atoms with Crippen LogP contribution in [0, 0.1) is 10.1 Å². The molecule has 9 heteroatoms. The molecule has 0 saturated heterocycles. The summed E-state index contributed by atoms with van der Waals surface area (Å²) in [6.45, 7) is 0. The van der Waals surface area contributed by atoms with E-state index in [9.17, 15) is 20.0 Å². The Morgan fingerprint density at radius 2 is 1.83 bits per heavy atom. The number of halogens is 2. The molecule has 2 aromatic rings. The van der Waals surface area contributed by atoms with E-state index in [4.69, 9.17) is 28.3 Å². The number of aromatic hydroxyl groups is 1. The van der Waals surface area contributed by atoms with Gasteiger partial charge in [-0.2, -0.15) is 0 Å². The van der Waals surface area contributed by atoms with Crippen LogP contribution in [0.1, 0.15) is 10.4 Å². The molecule has 0 fully saturated rings. The smallest absolute Gasteiger partial charge is 0.271 e. The average molecular weight is 359 g/mol. The first-order valence-electron chi connectivity index (χ1n) is 6.07. The SMILES string of the molecule is CO.O=C(Nc1ccc([N+](=O)[O-])cc1Cl)c1cc(Cl)ccc1O. The quantitative estimate of drug-likeness (QED) is 0.574. The Bertz CT molecular complexity index is 737. The fraction of sp³-hybridized carbons (Fsp3) is 0.0714. The molecule has 0 spiro atoms. The van der Waals surface area contributed by atoms with Gasteiger partial charge in [-0.05, 0) is 24.3 Å². The molecule has 0 aliphatic heterocycles. The van der Waals surface area contributed by atoms with Gasteiger partial charge in [-0.25, -0.2) is 0 Å². The van der Waals surface area contributed by atoms with Crippen molar-refractivity contribution < 1.29 is 19.9 Å². The predicted octanol–water partition coefficient (Wildman–Crippen LogP) is 3.47. The largest absolute Gasteiger partial charge is 0.507 e. The van der Waals surface area contributed by atoms with Gasteiger partial charge >= 0.3 is 0 Å². The van der Waals surface area contributed by atoms with Gasteiger partial charge in [0.25, 0.3) is 11.6 Å². The molecule has 23 heavy (non-hydrogen) atoms. The third-order valence-electron chi connectivity index (χ3n) is 2.61. The van der Waals surface area contributed by atoms with E-state index in [2.05, 4.69) is 5.32 Å². The lowest BCUT2D eigenvalue weighted by Gasteiger charge is -2.08. The van der Waals surface area contributed by atoms with E-state index in [1.54, 1.807) is 0 Å². The van der Waals surface area contributed by atoms with Crippen molar-refractivity contribution in [1.29, 1.82) is 0 Å². The average Bonchev–Trinajstić information content (AvgIpc) is 2.53. The zero-order chi connectivity index (χ0) is 17.6. The van der Waals surface area contributed by atoms with Crippen LogP contribution in [0.15, 0.2) is 36.4 Å². The van der Waals surface area contributed by atoms with Crippen molar-refractivity contribution in [2.45, 2.75) is 0 Å². The lowest BCUT2D eigenvalue weighted by molar-refractivity contribution is -0.384. The van der Waals surface area contributed by atoms with Gasteiger partial charge in [0, 0.05) is 24.3 Å². The van der Waals surface area contributed by atoms with Crippen LogP contribution in [-0.2, 0) is 0 Å². The molecule has 122 valence electrons. The van der Waals surface area contributed by atoms with Crippen LogP contribution in [0.4, 0.5) is 11.4 Å². The fourth-order valence-corrected chi connectivity index (χ4v) is 1.99. The van der Waals surface area contributed by atoms with Crippen molar-refractivity contribution >= 4 is 40.5 Å². The standard InChI is InChI=1S/C13H8Cl2N2O4.CH4O/c14-7-1-4-12(18)9(5-7)13(19)16-11-3-2-8(17(20)21)6-10(11)15;1-2/h1-6,18H,(H,16,19);2H,1H3. The maximum Gasteiger partial charge on any atom is 0.271 e. The number of aliphatic hydroxyl groups is 1. The summed E-state index contributed by atoms with van der Waals surface area (Å²) in [5.74, 6) is -0.874. The number of hydrogen-bond acceptors (Lipinski definition) is 5. The number of nitro benzene ring substituents is 1. The number of nitro groups is 1. The lowest BCUT2D eigenvalue weighted by Crippen LogP contribution is -2.12. The van der Waals surface area contributed by atoms with Crippen LogP contribution < -0.4 is 5.32 Å². The molecular weight excluding hydrogens is 347 g/mol. The first-order chi connectivity index (χ1) is 10.9. The Morgan fingerprint density at radius 1 is 1.17 bits per heavy atom. The Hall–Kier alpha value is -2.35. The summed E-state index contributed by atoms with van der Waals surface area (Å²) in [5, 5.41) is 30.0. The van der Waals surface area contributed by atoms with Gasteiger partial charge in [-0.3, -0.25) is 14.9 Å². The van der Waals surface area contributed by atoms with E-state index in [1.807, 2.05) is 0 Å². The van der Waals surface area contributed by atoms with Gasteiger partial charge in [0.2, 0.25) is 0 Å². The monoisotopic (exact) mass is 358 g/mol. The number of anilines is 1. The van der Waals surface area contributed by atoms with Gasteiger partial charge in [0.15, 0.2) is 0 Å². The highest BCUT2D eigenvalue weighted by molar-refractivity contribution is 6.34. The minimum absolute atomic E-state index is 0.0130. The number of benzene rings is 2. The predicted molar refractivity (Wildman–Crippen MR) is 87.3 cm³/mol. The molecule has 0 saturated carbocycles. The molecule has 0 bridgehead atoms. The van der Waals surface area contributed by atoms with E-state index in [0.29, 0.717) is 0 Å². The highest BCUT2D eigenvalue weighted by Gasteiger charge is 2.15. The topological polar surface area (TPSA) is 113 Å². The van der Waals surface area contributed by atoms with Crippen molar-refractivity contribution in [3.8, 4) is 5.75 Å². The van der Waals surface area contributed by atoms with Crippen molar-refractivity contribution in [3.05, 3.63) is 62.1 Å². The molecule has 1 amide bonds. The maximum atomic E-state index is 12.0. The first kappa shape index (κ1) is 18.7. The molecule has 0 aromatic heterocycles. The third-order valence-corrected chi connectivity index (χ3v) is 3.16. The summed E-state index contributed by atoms with van der Waals surface area (Å²) >= 11 is 11.6. The zero-order valence-electron chi connectivity index (χ0n) is 11.8. The number of nitrogens with zero attached hydrogens (tertiary/aromatic N) is 1. The molecule has 7 nitrogen and oxygen atoms in total. The minimum Gasteiger partial charge on any atom is -0.507 e. The summed E-state index contributed by atoms with van der Waals surface area (Å²) in [5.41, 5.74) is -0.0350. The summed E-state index contributed by atoms with van der Waals surface area (Å²) in [4.78, 5) is 22.0. The number of phenols is 1. The summed E-state index contributed by atoms with van der Waals surface area (Å²) in [6.07, 6.45) is 0. The Labute approximate surface area is 141 Å². The third kappa shape index (κ3) is 4.82.